The third-order valence-electron chi connectivity index (χ3n) is 4.00. The smallest absolute Gasteiger partial charge is 0.329 e. The van der Waals surface area contributed by atoms with Crippen molar-refractivity contribution in [3.63, 3.8) is 0 Å². The Morgan fingerprint density at radius 1 is 1.43 bits per heavy atom. The summed E-state index contributed by atoms with van der Waals surface area (Å²) in [5, 5.41) is 12.6. The second-order valence-electron chi connectivity index (χ2n) is 5.64. The van der Waals surface area contributed by atoms with Crippen LogP contribution in [-0.4, -0.2) is 22.5 Å². The molecule has 0 aliphatic carbocycles. The summed E-state index contributed by atoms with van der Waals surface area (Å²) in [6.07, 6.45) is 0.729. The van der Waals surface area contributed by atoms with Crippen molar-refractivity contribution in [1.29, 1.82) is 0 Å². The van der Waals surface area contributed by atoms with E-state index in [2.05, 4.69) is 5.32 Å². The summed E-state index contributed by atoms with van der Waals surface area (Å²) >= 11 is 6.10. The van der Waals surface area contributed by atoms with Crippen LogP contribution >= 0.6 is 11.6 Å². The molecule has 0 heterocycles. The second-order valence-corrected chi connectivity index (χ2v) is 6.04. The number of aryl methyl sites for hydroxylation is 1. The Bertz CT molecular complexity index is 544. The molecule has 1 amide bonds. The normalized spacial score (nSPS) is 15.1. The maximum Gasteiger partial charge on any atom is 0.329 e. The number of hydrogen-bond acceptors (Lipinski definition) is 2. The van der Waals surface area contributed by atoms with Crippen molar-refractivity contribution >= 4 is 23.5 Å². The Labute approximate surface area is 130 Å². The van der Waals surface area contributed by atoms with Crippen molar-refractivity contribution in [2.24, 2.45) is 5.92 Å². The summed E-state index contributed by atoms with van der Waals surface area (Å²) in [6.45, 7) is 7.17. The molecule has 0 bridgehead atoms. The van der Waals surface area contributed by atoms with Gasteiger partial charge in [-0.1, -0.05) is 44.0 Å². The van der Waals surface area contributed by atoms with E-state index in [9.17, 15) is 14.7 Å². The predicted molar refractivity (Wildman–Crippen MR) is 83.5 cm³/mol. The van der Waals surface area contributed by atoms with Gasteiger partial charge in [-0.25, -0.2) is 4.79 Å². The summed E-state index contributed by atoms with van der Waals surface area (Å²) in [5.74, 6) is -1.54. The van der Waals surface area contributed by atoms with Crippen LogP contribution < -0.4 is 5.32 Å². The van der Waals surface area contributed by atoms with Gasteiger partial charge in [0, 0.05) is 5.02 Å². The SMILES string of the molecule is CCC(C)C(C)(NC(=O)Cc1ccc(C)cc1Cl)C(=O)O. The molecule has 0 saturated heterocycles. The van der Waals surface area contributed by atoms with Crippen molar-refractivity contribution in [1.82, 2.24) is 5.32 Å². The van der Waals surface area contributed by atoms with Crippen molar-refractivity contribution in [2.45, 2.75) is 46.1 Å². The molecule has 4 nitrogen and oxygen atoms in total. The van der Waals surface area contributed by atoms with Gasteiger partial charge in [-0.2, -0.15) is 0 Å². The van der Waals surface area contributed by atoms with Crippen LogP contribution in [-0.2, 0) is 16.0 Å². The molecule has 0 spiro atoms. The van der Waals surface area contributed by atoms with Crippen molar-refractivity contribution in [3.8, 4) is 0 Å². The first kappa shape index (κ1) is 17.5. The zero-order valence-corrected chi connectivity index (χ0v) is 13.6. The van der Waals surface area contributed by atoms with Gasteiger partial charge in [-0.3, -0.25) is 4.79 Å². The average Bonchev–Trinajstić information content (AvgIpc) is 2.40. The van der Waals surface area contributed by atoms with Crippen LogP contribution in [0.15, 0.2) is 18.2 Å². The Kier molecular flexibility index (Phi) is 5.78. The summed E-state index contributed by atoms with van der Waals surface area (Å²) < 4.78 is 0. The molecule has 0 radical (unpaired) electrons. The van der Waals surface area contributed by atoms with E-state index < -0.39 is 11.5 Å². The molecule has 1 aromatic rings. The number of nitrogens with one attached hydrogen (secondary N) is 1. The van der Waals surface area contributed by atoms with E-state index >= 15 is 0 Å². The first-order valence-electron chi connectivity index (χ1n) is 7.00. The van der Waals surface area contributed by atoms with Gasteiger partial charge in [0.25, 0.3) is 0 Å². The van der Waals surface area contributed by atoms with Gasteiger partial charge in [0.05, 0.1) is 6.42 Å². The number of benzene rings is 1. The fourth-order valence-corrected chi connectivity index (χ4v) is 2.40. The Morgan fingerprint density at radius 2 is 2.05 bits per heavy atom. The molecule has 21 heavy (non-hydrogen) atoms. The molecule has 0 fully saturated rings. The third-order valence-corrected chi connectivity index (χ3v) is 4.35. The standard InChI is InChI=1S/C16H22ClNO3/c1-5-11(3)16(4,15(20)21)18-14(19)9-12-7-6-10(2)8-13(12)17/h6-8,11H,5,9H2,1-4H3,(H,18,19)(H,20,21). The van der Waals surface area contributed by atoms with Crippen molar-refractivity contribution in [2.75, 3.05) is 0 Å². The zero-order valence-electron chi connectivity index (χ0n) is 12.9. The topological polar surface area (TPSA) is 66.4 Å². The summed E-state index contributed by atoms with van der Waals surface area (Å²) in [4.78, 5) is 23.6. The van der Waals surface area contributed by atoms with Gasteiger partial charge >= 0.3 is 5.97 Å². The third kappa shape index (κ3) is 4.21. The molecule has 2 N–H and O–H groups in total. The van der Waals surface area contributed by atoms with Gasteiger partial charge in [0.15, 0.2) is 0 Å². The highest BCUT2D eigenvalue weighted by molar-refractivity contribution is 6.31. The van der Waals surface area contributed by atoms with Crippen LogP contribution in [0.5, 0.6) is 0 Å². The van der Waals surface area contributed by atoms with Crippen molar-refractivity contribution < 1.29 is 14.7 Å². The van der Waals surface area contributed by atoms with Crippen LogP contribution in [0.25, 0.3) is 0 Å². The average molecular weight is 312 g/mol. The predicted octanol–water partition coefficient (Wildman–Crippen LogP) is 3.20. The number of rotatable bonds is 6. The largest absolute Gasteiger partial charge is 0.480 e. The lowest BCUT2D eigenvalue weighted by Gasteiger charge is -2.32. The molecule has 1 rings (SSSR count). The quantitative estimate of drug-likeness (QED) is 0.848. The van der Waals surface area contributed by atoms with E-state index in [1.54, 1.807) is 12.1 Å². The number of halogens is 1. The number of hydrogen-bond donors (Lipinski definition) is 2. The number of carboxylic acids is 1. The molecule has 116 valence electrons. The highest BCUT2D eigenvalue weighted by atomic mass is 35.5. The highest BCUT2D eigenvalue weighted by Crippen LogP contribution is 2.22. The van der Waals surface area contributed by atoms with E-state index in [0.29, 0.717) is 17.0 Å². The number of carbonyl (C=O) groups excluding carboxylic acids is 1. The lowest BCUT2D eigenvalue weighted by molar-refractivity contribution is -0.149. The Hall–Kier alpha value is -1.55. The number of carboxylic acid groups (broad SMARTS) is 1. The minimum atomic E-state index is -1.27. The maximum absolute atomic E-state index is 12.2. The highest BCUT2D eigenvalue weighted by Gasteiger charge is 2.39. The zero-order chi connectivity index (χ0) is 16.2. The van der Waals surface area contributed by atoms with E-state index in [-0.39, 0.29) is 18.2 Å². The molecule has 2 atom stereocenters. The maximum atomic E-state index is 12.2. The van der Waals surface area contributed by atoms with Crippen LogP contribution in [0.2, 0.25) is 5.02 Å². The van der Waals surface area contributed by atoms with Crippen LogP contribution in [0.3, 0.4) is 0 Å². The minimum Gasteiger partial charge on any atom is -0.480 e. The number of aliphatic carboxylic acids is 1. The van der Waals surface area contributed by atoms with Crippen LogP contribution in [0.4, 0.5) is 0 Å². The van der Waals surface area contributed by atoms with E-state index in [0.717, 1.165) is 5.56 Å². The molecule has 0 aliphatic heterocycles. The van der Waals surface area contributed by atoms with E-state index in [4.69, 9.17) is 11.6 Å². The minimum absolute atomic E-state index is 0.0679. The van der Waals surface area contributed by atoms with Gasteiger partial charge in [0.1, 0.15) is 5.54 Å². The molecular weight excluding hydrogens is 290 g/mol. The first-order chi connectivity index (χ1) is 9.70. The summed E-state index contributed by atoms with van der Waals surface area (Å²) in [5.41, 5.74) is 0.430. The monoisotopic (exact) mass is 311 g/mol. The molecule has 0 aliphatic rings. The van der Waals surface area contributed by atoms with Crippen LogP contribution in [0, 0.1) is 12.8 Å². The molecular formula is C16H22ClNO3. The van der Waals surface area contributed by atoms with Crippen LogP contribution in [0.1, 0.15) is 38.3 Å². The Balaban J connectivity index is 2.86. The second kappa shape index (κ2) is 6.94. The van der Waals surface area contributed by atoms with Gasteiger partial charge in [-0.15, -0.1) is 0 Å². The molecule has 1 aromatic carbocycles. The Morgan fingerprint density at radius 3 is 2.52 bits per heavy atom. The van der Waals surface area contributed by atoms with Gasteiger partial charge < -0.3 is 10.4 Å². The fraction of sp³-hybridized carbons (Fsp3) is 0.500. The van der Waals surface area contributed by atoms with E-state index in [1.165, 1.54) is 6.92 Å². The lowest BCUT2D eigenvalue weighted by atomic mass is 9.85. The molecule has 0 aromatic heterocycles. The summed E-state index contributed by atoms with van der Waals surface area (Å²) in [6, 6.07) is 5.45. The number of amides is 1. The lowest BCUT2D eigenvalue weighted by Crippen LogP contribution is -2.56. The fourth-order valence-electron chi connectivity index (χ4n) is 2.10. The first-order valence-corrected chi connectivity index (χ1v) is 7.38. The van der Waals surface area contributed by atoms with Gasteiger partial charge in [-0.05, 0) is 37.0 Å². The molecule has 5 heteroatoms. The number of carbonyl (C=O) groups is 2. The summed E-state index contributed by atoms with van der Waals surface area (Å²) in [7, 11) is 0. The molecule has 2 unspecified atom stereocenters. The van der Waals surface area contributed by atoms with Crippen molar-refractivity contribution in [3.05, 3.63) is 34.3 Å². The molecule has 0 saturated carbocycles. The van der Waals surface area contributed by atoms with E-state index in [1.807, 2.05) is 26.8 Å². The van der Waals surface area contributed by atoms with Gasteiger partial charge in [0.2, 0.25) is 5.91 Å².